The van der Waals surface area contributed by atoms with Gasteiger partial charge in [-0.05, 0) is 24.1 Å². The monoisotopic (exact) mass is 240 g/mol. The van der Waals surface area contributed by atoms with E-state index in [2.05, 4.69) is 52.3 Å². The zero-order valence-corrected chi connectivity index (χ0v) is 10.3. The molecular weight excluding hydrogens is 224 g/mol. The third-order valence-electron chi connectivity index (χ3n) is 3.34. The van der Waals surface area contributed by atoms with Crippen molar-refractivity contribution in [1.82, 2.24) is 14.8 Å². The fraction of sp³-hybridized carbons (Fsp3) is 0.214. The number of aromatic amines is 1. The van der Waals surface area contributed by atoms with Crippen LogP contribution in [-0.2, 0) is 13.5 Å². The molecule has 0 aliphatic carbocycles. The topological polar surface area (TPSA) is 59.6 Å². The summed E-state index contributed by atoms with van der Waals surface area (Å²) in [5.74, 6) is 0. The number of nitrogens with zero attached hydrogens (tertiary/aromatic N) is 2. The van der Waals surface area contributed by atoms with E-state index in [0.29, 0.717) is 0 Å². The lowest BCUT2D eigenvalue weighted by Crippen LogP contribution is -2.13. The second-order valence-electron chi connectivity index (χ2n) is 4.60. The van der Waals surface area contributed by atoms with Crippen molar-refractivity contribution < 1.29 is 0 Å². The van der Waals surface area contributed by atoms with E-state index in [1.807, 2.05) is 6.07 Å². The first kappa shape index (κ1) is 11.0. The van der Waals surface area contributed by atoms with Crippen LogP contribution in [0.2, 0.25) is 0 Å². The lowest BCUT2D eigenvalue weighted by molar-refractivity contribution is 0.693. The van der Waals surface area contributed by atoms with Gasteiger partial charge >= 0.3 is 0 Å². The van der Waals surface area contributed by atoms with Gasteiger partial charge in [0.15, 0.2) is 0 Å². The van der Waals surface area contributed by atoms with Crippen molar-refractivity contribution in [2.24, 2.45) is 12.8 Å². The largest absolute Gasteiger partial charge is 0.350 e. The van der Waals surface area contributed by atoms with E-state index < -0.39 is 0 Å². The van der Waals surface area contributed by atoms with Gasteiger partial charge in [0.2, 0.25) is 0 Å². The smallest absolute Gasteiger partial charge is 0.0522 e. The summed E-state index contributed by atoms with van der Waals surface area (Å²) in [7, 11) is 2.06. The van der Waals surface area contributed by atoms with Gasteiger partial charge in [-0.3, -0.25) is 5.10 Å². The van der Waals surface area contributed by atoms with Crippen molar-refractivity contribution in [3.8, 4) is 0 Å². The number of aryl methyl sites for hydroxylation is 1. The lowest BCUT2D eigenvalue weighted by Gasteiger charge is -2.08. The van der Waals surface area contributed by atoms with Crippen molar-refractivity contribution in [2.45, 2.75) is 12.5 Å². The zero-order valence-electron chi connectivity index (χ0n) is 10.3. The first-order valence-corrected chi connectivity index (χ1v) is 6.03. The highest BCUT2D eigenvalue weighted by atomic mass is 15.1. The highest BCUT2D eigenvalue weighted by Gasteiger charge is 2.12. The summed E-state index contributed by atoms with van der Waals surface area (Å²) < 4.78 is 2.14. The molecule has 92 valence electrons. The fourth-order valence-corrected chi connectivity index (χ4v) is 2.41. The molecule has 1 aromatic carbocycles. The van der Waals surface area contributed by atoms with Crippen LogP contribution < -0.4 is 5.73 Å². The highest BCUT2D eigenvalue weighted by molar-refractivity contribution is 5.83. The van der Waals surface area contributed by atoms with Crippen molar-refractivity contribution in [3.05, 3.63) is 54.0 Å². The molecule has 4 heteroatoms. The number of para-hydroxylation sites is 1. The number of hydrogen-bond donors (Lipinski definition) is 2. The van der Waals surface area contributed by atoms with Crippen LogP contribution in [0, 0.1) is 0 Å². The molecule has 1 unspecified atom stereocenters. The summed E-state index contributed by atoms with van der Waals surface area (Å²) in [6.07, 6.45) is 4.70. The van der Waals surface area contributed by atoms with E-state index in [4.69, 9.17) is 5.73 Å². The van der Waals surface area contributed by atoms with Crippen LogP contribution in [0.25, 0.3) is 10.9 Å². The van der Waals surface area contributed by atoms with Crippen LogP contribution in [0.15, 0.2) is 42.7 Å². The summed E-state index contributed by atoms with van der Waals surface area (Å²) >= 11 is 0. The number of nitrogens with two attached hydrogens (primary N) is 1. The average Bonchev–Trinajstić information content (AvgIpc) is 3.00. The SMILES string of the molecule is Cn1cc(CC(N)c2ccn[nH]2)c2ccccc21. The van der Waals surface area contributed by atoms with Gasteiger partial charge in [-0.25, -0.2) is 0 Å². The lowest BCUT2D eigenvalue weighted by atomic mass is 10.0. The summed E-state index contributed by atoms with van der Waals surface area (Å²) in [4.78, 5) is 0. The third kappa shape index (κ3) is 1.80. The third-order valence-corrected chi connectivity index (χ3v) is 3.34. The Morgan fingerprint density at radius 3 is 2.94 bits per heavy atom. The summed E-state index contributed by atoms with van der Waals surface area (Å²) in [6.45, 7) is 0. The number of benzene rings is 1. The Kier molecular flexibility index (Phi) is 2.64. The maximum atomic E-state index is 6.19. The molecule has 4 nitrogen and oxygen atoms in total. The molecule has 2 heterocycles. The van der Waals surface area contributed by atoms with Gasteiger partial charge in [0.25, 0.3) is 0 Å². The number of nitrogens with one attached hydrogen (secondary N) is 1. The molecule has 3 rings (SSSR count). The molecule has 0 aliphatic rings. The number of fused-ring (bicyclic) bond motifs is 1. The van der Waals surface area contributed by atoms with Crippen LogP contribution >= 0.6 is 0 Å². The minimum Gasteiger partial charge on any atom is -0.350 e. The van der Waals surface area contributed by atoms with Crippen LogP contribution in [0.1, 0.15) is 17.3 Å². The number of rotatable bonds is 3. The second kappa shape index (κ2) is 4.31. The molecule has 3 aromatic rings. The molecule has 0 amide bonds. The predicted molar refractivity (Wildman–Crippen MR) is 72.1 cm³/mol. The zero-order chi connectivity index (χ0) is 12.5. The molecule has 1 atom stereocenters. The molecule has 0 spiro atoms. The van der Waals surface area contributed by atoms with Gasteiger partial charge in [0, 0.05) is 30.3 Å². The Bertz CT molecular complexity index is 652. The Morgan fingerprint density at radius 2 is 2.17 bits per heavy atom. The molecule has 18 heavy (non-hydrogen) atoms. The van der Waals surface area contributed by atoms with E-state index in [0.717, 1.165) is 12.1 Å². The van der Waals surface area contributed by atoms with Crippen molar-refractivity contribution in [2.75, 3.05) is 0 Å². The van der Waals surface area contributed by atoms with Gasteiger partial charge in [-0.1, -0.05) is 18.2 Å². The van der Waals surface area contributed by atoms with E-state index in [1.54, 1.807) is 6.20 Å². The highest BCUT2D eigenvalue weighted by Crippen LogP contribution is 2.24. The molecule has 0 bridgehead atoms. The molecule has 0 saturated carbocycles. The van der Waals surface area contributed by atoms with Crippen molar-refractivity contribution in [3.63, 3.8) is 0 Å². The van der Waals surface area contributed by atoms with Crippen LogP contribution in [0.4, 0.5) is 0 Å². The quantitative estimate of drug-likeness (QED) is 0.737. The van der Waals surface area contributed by atoms with Gasteiger partial charge in [0.05, 0.1) is 11.7 Å². The molecule has 0 radical (unpaired) electrons. The van der Waals surface area contributed by atoms with Gasteiger partial charge in [-0.2, -0.15) is 5.10 Å². The summed E-state index contributed by atoms with van der Waals surface area (Å²) in [5, 5.41) is 8.15. The van der Waals surface area contributed by atoms with E-state index in [-0.39, 0.29) is 6.04 Å². The average molecular weight is 240 g/mol. The van der Waals surface area contributed by atoms with Crippen LogP contribution in [-0.4, -0.2) is 14.8 Å². The fourth-order valence-electron chi connectivity index (χ4n) is 2.41. The second-order valence-corrected chi connectivity index (χ2v) is 4.60. The molecule has 0 aliphatic heterocycles. The van der Waals surface area contributed by atoms with Crippen LogP contribution in [0.3, 0.4) is 0 Å². The normalized spacial score (nSPS) is 13.0. The minimum atomic E-state index is -0.0432. The summed E-state index contributed by atoms with van der Waals surface area (Å²) in [6, 6.07) is 10.3. The number of H-pyrrole nitrogens is 1. The molecule has 0 fully saturated rings. The van der Waals surface area contributed by atoms with Crippen LogP contribution in [0.5, 0.6) is 0 Å². The molecular formula is C14H16N4. The Labute approximate surface area is 105 Å². The van der Waals surface area contributed by atoms with Crippen molar-refractivity contribution in [1.29, 1.82) is 0 Å². The van der Waals surface area contributed by atoms with E-state index in [9.17, 15) is 0 Å². The standard InChI is InChI=1S/C14H16N4/c1-18-9-10(11-4-2-3-5-14(11)18)8-12(15)13-6-7-16-17-13/h2-7,9,12H,8,15H2,1H3,(H,16,17). The van der Waals surface area contributed by atoms with Crippen molar-refractivity contribution >= 4 is 10.9 Å². The van der Waals surface area contributed by atoms with Gasteiger partial charge < -0.3 is 10.3 Å². The van der Waals surface area contributed by atoms with E-state index in [1.165, 1.54) is 16.5 Å². The first-order chi connectivity index (χ1) is 8.75. The van der Waals surface area contributed by atoms with Gasteiger partial charge in [-0.15, -0.1) is 0 Å². The minimum absolute atomic E-state index is 0.0432. The Morgan fingerprint density at radius 1 is 1.33 bits per heavy atom. The number of hydrogen-bond acceptors (Lipinski definition) is 2. The number of aromatic nitrogens is 3. The Balaban J connectivity index is 1.96. The molecule has 3 N–H and O–H groups in total. The predicted octanol–water partition coefficient (Wildman–Crippen LogP) is 2.14. The maximum absolute atomic E-state index is 6.19. The maximum Gasteiger partial charge on any atom is 0.0522 e. The molecule has 0 saturated heterocycles. The molecule has 2 aromatic heterocycles. The Hall–Kier alpha value is -2.07. The van der Waals surface area contributed by atoms with Gasteiger partial charge in [0.1, 0.15) is 0 Å². The summed E-state index contributed by atoms with van der Waals surface area (Å²) in [5.41, 5.74) is 9.68. The van der Waals surface area contributed by atoms with E-state index >= 15 is 0 Å². The first-order valence-electron chi connectivity index (χ1n) is 6.03.